The molecule has 136 heavy (non-hydrogen) atoms. The third-order valence-electron chi connectivity index (χ3n) is 22.4. The van der Waals surface area contributed by atoms with E-state index in [1.807, 2.05) is 34.5 Å². The number of amides is 2. The molecule has 5 aliphatic carbocycles. The maximum Gasteiger partial charge on any atom is 1.00 e. The molecule has 11 aromatic rings. The predicted octanol–water partition coefficient (Wildman–Crippen LogP) is 19.3. The fraction of sp³-hybridized carbons (Fsp3) is 0.427. The number of nitrogen functional groups attached to an aromatic ring is 1. The van der Waals surface area contributed by atoms with E-state index in [1.54, 1.807) is 55.2 Å². The number of halogens is 7. The molecule has 8 aromatic carbocycles. The van der Waals surface area contributed by atoms with E-state index in [1.165, 1.54) is 116 Å². The summed E-state index contributed by atoms with van der Waals surface area (Å²) < 4.78 is 83.9. The minimum Gasteiger partial charge on any atom is -0.870 e. The summed E-state index contributed by atoms with van der Waals surface area (Å²) in [6.07, 6.45) is 18.0. The number of nitrogens with one attached hydrogen (secondary N) is 3. The summed E-state index contributed by atoms with van der Waals surface area (Å²) >= 11 is 2.45. The molecule has 3 heterocycles. The first-order valence-electron chi connectivity index (χ1n) is 44.2. The van der Waals surface area contributed by atoms with Crippen molar-refractivity contribution in [2.45, 2.75) is 252 Å². The third-order valence-corrected chi connectivity index (χ3v) is 22.4. The molecule has 5 fully saturated rings. The number of nitriles is 1. The number of hydrogen-bond acceptors (Lipinski definition) is 23. The molecule has 730 valence electrons. The van der Waals surface area contributed by atoms with Crippen molar-refractivity contribution in [3.05, 3.63) is 261 Å². The maximum atomic E-state index is 13.7. The van der Waals surface area contributed by atoms with Gasteiger partial charge >= 0.3 is 24.5 Å². The number of Topliss-reactive ketones (excluding diaryl/α,β-unsaturated/α-hetero) is 1. The molecule has 0 saturated heterocycles. The molecule has 0 atom stereocenters. The molecule has 0 bridgehead atoms. The van der Waals surface area contributed by atoms with Crippen molar-refractivity contribution in [3.8, 4) is 4.98 Å². The Hall–Kier alpha value is -12.1. The Morgan fingerprint density at radius 3 is 1.18 bits per heavy atom. The summed E-state index contributed by atoms with van der Waals surface area (Å²) in [4.78, 5) is 91.4. The minimum atomic E-state index is -1.03. The molecule has 2 amide bonds. The van der Waals surface area contributed by atoms with Gasteiger partial charge in [0.25, 0.3) is 28.9 Å². The number of rotatable bonds is 15. The van der Waals surface area contributed by atoms with Crippen LogP contribution in [0.2, 0.25) is 0 Å². The molecule has 40 heteroatoms. The van der Waals surface area contributed by atoms with Gasteiger partial charge in [-0.2, -0.15) is 9.65 Å². The monoisotopic (exact) mass is 1950 g/mol. The van der Waals surface area contributed by atoms with Crippen LogP contribution in [0.25, 0.3) is 33.1 Å². The van der Waals surface area contributed by atoms with Crippen molar-refractivity contribution in [2.75, 3.05) is 21.7 Å². The molecule has 32 nitrogen and oxygen atoms in total. The van der Waals surface area contributed by atoms with Crippen molar-refractivity contribution in [1.82, 2.24) is 28.7 Å². The number of fused-ring (bicyclic) bond motifs is 3. The van der Waals surface area contributed by atoms with Crippen LogP contribution in [0.4, 0.5) is 72.6 Å². The number of carbonyl (C=O) groups excluding carboxylic acids is 3. The number of nitro groups is 4. The van der Waals surface area contributed by atoms with Crippen LogP contribution in [0.1, 0.15) is 245 Å². The normalized spacial score (nSPS) is 18.9. The Kier molecular flexibility index (Phi) is 49.3. The second-order valence-corrected chi connectivity index (χ2v) is 33.2. The fourth-order valence-electron chi connectivity index (χ4n) is 15.6. The number of aromatic nitrogens is 6. The summed E-state index contributed by atoms with van der Waals surface area (Å²) in [5, 5.41) is 96.3. The van der Waals surface area contributed by atoms with Crippen molar-refractivity contribution in [2.24, 2.45) is 17.6 Å². The predicted molar refractivity (Wildman–Crippen MR) is 511 cm³/mol. The fourth-order valence-corrected chi connectivity index (χ4v) is 15.6. The molecule has 5 aliphatic rings. The number of nitrogens with zero attached hydrogens (tertiary/aromatic N) is 11. The number of nitro benzene ring substituents is 4. The van der Waals surface area contributed by atoms with E-state index < -0.39 is 60.5 Å². The Labute approximate surface area is 805 Å². The van der Waals surface area contributed by atoms with E-state index >= 15 is 0 Å². The second-order valence-electron chi connectivity index (χ2n) is 32.9. The van der Waals surface area contributed by atoms with Gasteiger partial charge in [0.15, 0.2) is 5.78 Å². The van der Waals surface area contributed by atoms with Gasteiger partial charge < -0.3 is 56.4 Å². The van der Waals surface area contributed by atoms with Crippen molar-refractivity contribution in [3.63, 3.8) is 0 Å². The van der Waals surface area contributed by atoms with Crippen molar-refractivity contribution >= 4 is 113 Å². The maximum absolute atomic E-state index is 13.7. The van der Waals surface area contributed by atoms with Gasteiger partial charge in [0.2, 0.25) is 23.7 Å². The number of nitrogens with two attached hydrogens (primary N) is 2. The van der Waals surface area contributed by atoms with Gasteiger partial charge in [-0.25, -0.2) is 36.9 Å². The first-order valence-corrected chi connectivity index (χ1v) is 45.0. The van der Waals surface area contributed by atoms with Crippen LogP contribution < -0.4 is 46.3 Å². The number of anilines is 4. The Bertz CT molecular complexity index is 5570. The zero-order valence-corrected chi connectivity index (χ0v) is 78.3. The van der Waals surface area contributed by atoms with Crippen LogP contribution in [0.15, 0.2) is 164 Å². The van der Waals surface area contributed by atoms with Gasteiger partial charge in [-0.15, -0.1) is 0 Å². The minimum absolute atomic E-state index is 0. The van der Waals surface area contributed by atoms with Gasteiger partial charge in [0, 0.05) is 129 Å². The number of aryl methyl sites for hydroxylation is 1. The van der Waals surface area contributed by atoms with E-state index in [9.17, 15) is 96.5 Å². The molecule has 16 rings (SSSR count). The first kappa shape index (κ1) is 116. The average molecular weight is 1950 g/mol. The van der Waals surface area contributed by atoms with Gasteiger partial charge in [0.1, 0.15) is 34.1 Å². The van der Waals surface area contributed by atoms with Gasteiger partial charge in [-0.3, -0.25) is 65.5 Å². The van der Waals surface area contributed by atoms with Crippen LogP contribution in [-0.2, 0) is 0 Å². The number of imidazole rings is 3. The van der Waals surface area contributed by atoms with Crippen LogP contribution >= 0.6 is 15.9 Å². The van der Waals surface area contributed by atoms with Crippen LogP contribution in [0.5, 0.6) is 0 Å². The molecule has 3 aromatic heterocycles. The van der Waals surface area contributed by atoms with Crippen molar-refractivity contribution < 1.29 is 105 Å². The smallest absolute Gasteiger partial charge is 0.870 e. The van der Waals surface area contributed by atoms with E-state index in [0.29, 0.717) is 95.3 Å². The Morgan fingerprint density at radius 1 is 0.493 bits per heavy atom. The SMILES string of the molecule is C.CC.CC(C)C(=O)c1cccc([N+](=O)[O-])c1.CC1CCC(n2c(NC(=O)c3cccc([N+](=O)[O-])c3)nc3cc(F)ccc32)CC1.CCC.Cc1cc(F)ccc1NC1CCC(O)CC1.N#CBr.NC1CCC(O)CC1.Nc1nc2cc(F)ccc2n1C1CCC(O)CC1.O=C(Nc1nc2cc(F)ccc2n1C1CCC(O)CC1)c1cccc([N+](=O)[O-])c1.O=[N+]([O-])c1cc(F)ccc1F.[Li+].[OH-]. The third kappa shape index (κ3) is 35.2. The standard InChI is InChI=1S/C21H21FN4O3.C20H19FN4O4.C13H16FN3O.C13H18FNO.C10H11NO3.C6H3F2NO2.C6H13NO.C3H8.C2H6.CBrN.CH4.Li.H2O/c1-13-5-8-16(9-6-13)25-19-10-7-15(22)12-18(19)23-21(25)24-20(27)14-3-2-4-17(11-14)26(28)29;21-13-4-9-18-17(11-13)22-20(24(18)14-5-7-16(26)8-6-14)23-19(27)12-2-1-3-15(10-12)25(28)29;14-8-1-6-12-11(7-8)16-13(15)17(12)9-2-4-10(18)5-3-9;1-9-8-10(14)2-7-13(9)15-11-3-5-12(16)6-4-11;1-7(2)10(12)8-4-3-5-9(6-8)11(13)14;7-4-1-2-5(8)6(3-4)9(10)11;7-5-1-3-6(8)4-2-5;1-3-2;1-2;2-1-3;;;/h2-4,7,10-13,16H,5-6,8-9H2,1H3,(H,23,24,27);1-4,9-11,14,16,26H,5-8H2,(H,22,23,27);1,6-7,9-10,18H,2-5H2,(H2,15,16);2,7-8,11-12,15-16H,3-6H2,1H3;3-7H,1-2H3;1-3H;5-6,8H,1-4,7H2;3H2,1-2H3;1-2H3;;1H4;;1H2/q;;;;;;;;;;;+1;/p-1. The number of hydrogen-bond donors (Lipinski definition) is 9. The molecular formula is C96H120BrF6LiN16O16. The van der Waals surface area contributed by atoms with Gasteiger partial charge in [-0.05, 0) is 226 Å². The summed E-state index contributed by atoms with van der Waals surface area (Å²) in [5.41, 5.74) is 16.7. The summed E-state index contributed by atoms with van der Waals surface area (Å²) in [6.45, 7) is 15.9. The number of benzene rings is 8. The van der Waals surface area contributed by atoms with Crippen LogP contribution in [-0.4, -0.2) is 128 Å². The largest absolute Gasteiger partial charge is 1.00 e. The Balaban J connectivity index is 0.000000337. The number of ketones is 1. The number of aliphatic hydroxyl groups excluding tert-OH is 4. The van der Waals surface area contributed by atoms with Crippen LogP contribution in [0, 0.1) is 104 Å². The molecule has 5 saturated carbocycles. The molecular weight excluding hydrogens is 1830 g/mol. The number of non-ortho nitro benzene ring substituents is 3. The van der Waals surface area contributed by atoms with E-state index in [-0.39, 0.29) is 132 Å². The Morgan fingerprint density at radius 2 is 0.816 bits per heavy atom. The van der Waals surface area contributed by atoms with E-state index in [2.05, 4.69) is 67.6 Å². The zero-order valence-electron chi connectivity index (χ0n) is 76.7. The molecule has 12 N–H and O–H groups in total. The second kappa shape index (κ2) is 57.7. The van der Waals surface area contributed by atoms with Crippen molar-refractivity contribution in [1.29, 1.82) is 5.26 Å². The number of aliphatic hydroxyl groups is 4. The molecule has 0 unspecified atom stereocenters. The molecule has 0 spiro atoms. The zero-order chi connectivity index (χ0) is 97.9. The summed E-state index contributed by atoms with van der Waals surface area (Å²) in [7, 11) is 0. The van der Waals surface area contributed by atoms with E-state index in [0.717, 1.165) is 131 Å². The quantitative estimate of drug-likeness (QED) is 0.0151. The molecule has 0 aliphatic heterocycles. The summed E-state index contributed by atoms with van der Waals surface area (Å²) in [5.74, 6) is -2.75. The van der Waals surface area contributed by atoms with Gasteiger partial charge in [-0.1, -0.05) is 86.6 Å². The van der Waals surface area contributed by atoms with Crippen LogP contribution in [0.3, 0.4) is 0 Å². The first-order chi connectivity index (χ1) is 63.4. The average Bonchev–Trinajstić information content (AvgIpc) is 1.62. The number of carbonyl (C=O) groups is 3. The van der Waals surface area contributed by atoms with Gasteiger partial charge in [0.05, 0.1) is 83.3 Å². The molecule has 0 radical (unpaired) electrons. The topological polar surface area (TPSA) is 500 Å². The summed E-state index contributed by atoms with van der Waals surface area (Å²) in [6, 6.07) is 38.0. The van der Waals surface area contributed by atoms with E-state index in [4.69, 9.17) is 21.8 Å².